The molecular formula is C10H13ClN2O3. The van der Waals surface area contributed by atoms with E-state index in [1.54, 1.807) is 7.11 Å². The van der Waals surface area contributed by atoms with Crippen molar-refractivity contribution in [1.82, 2.24) is 9.88 Å². The Morgan fingerprint density at radius 2 is 2.31 bits per heavy atom. The lowest BCUT2D eigenvalue weighted by atomic mass is 10.4. The molecule has 0 unspecified atom stereocenters. The fraction of sp³-hybridized carbons (Fsp3) is 0.400. The number of carbonyl (C=O) groups is 1. The molecule has 0 fully saturated rings. The highest BCUT2D eigenvalue weighted by Crippen LogP contribution is 2.02. The zero-order valence-corrected chi connectivity index (χ0v) is 9.66. The van der Waals surface area contributed by atoms with Crippen molar-refractivity contribution in [2.24, 2.45) is 0 Å². The van der Waals surface area contributed by atoms with E-state index in [1.807, 2.05) is 0 Å². The lowest BCUT2D eigenvalue weighted by molar-refractivity contribution is -0.121. The summed E-state index contributed by atoms with van der Waals surface area (Å²) >= 11 is 5.72. The van der Waals surface area contributed by atoms with Crippen molar-refractivity contribution in [3.05, 3.63) is 33.7 Å². The monoisotopic (exact) mass is 244 g/mol. The Kier molecular flexibility index (Phi) is 5.01. The lowest BCUT2D eigenvalue weighted by Gasteiger charge is -2.06. The standard InChI is InChI=1S/C10H13ClN2O3/c1-16-5-4-12-9(14)7-13-6-8(11)2-3-10(13)15/h2-3,6H,4-5,7H2,1H3,(H,12,14). The number of nitrogens with zero attached hydrogens (tertiary/aromatic N) is 1. The number of aromatic nitrogens is 1. The summed E-state index contributed by atoms with van der Waals surface area (Å²) < 4.78 is 6.04. The maximum atomic E-state index is 11.4. The summed E-state index contributed by atoms with van der Waals surface area (Å²) in [6, 6.07) is 2.81. The van der Waals surface area contributed by atoms with Gasteiger partial charge in [0, 0.05) is 25.9 Å². The molecule has 0 radical (unpaired) electrons. The van der Waals surface area contributed by atoms with Crippen molar-refractivity contribution in [1.29, 1.82) is 0 Å². The maximum Gasteiger partial charge on any atom is 0.251 e. The van der Waals surface area contributed by atoms with Gasteiger partial charge in [-0.1, -0.05) is 11.6 Å². The summed E-state index contributed by atoms with van der Waals surface area (Å²) in [6.07, 6.45) is 1.43. The van der Waals surface area contributed by atoms with Crippen molar-refractivity contribution < 1.29 is 9.53 Å². The fourth-order valence-electron chi connectivity index (χ4n) is 1.13. The number of amides is 1. The molecule has 0 aliphatic carbocycles. The average molecular weight is 245 g/mol. The van der Waals surface area contributed by atoms with Gasteiger partial charge in [-0.3, -0.25) is 9.59 Å². The van der Waals surface area contributed by atoms with Gasteiger partial charge >= 0.3 is 0 Å². The van der Waals surface area contributed by atoms with Crippen LogP contribution in [-0.2, 0) is 16.1 Å². The summed E-state index contributed by atoms with van der Waals surface area (Å²) in [5.74, 6) is -0.249. The third-order valence-corrected chi connectivity index (χ3v) is 2.11. The smallest absolute Gasteiger partial charge is 0.251 e. The van der Waals surface area contributed by atoms with E-state index in [-0.39, 0.29) is 18.0 Å². The SMILES string of the molecule is COCCNC(=O)Cn1cc(Cl)ccc1=O. The lowest BCUT2D eigenvalue weighted by Crippen LogP contribution is -2.33. The molecule has 0 atom stereocenters. The van der Waals surface area contributed by atoms with Gasteiger partial charge in [0.2, 0.25) is 5.91 Å². The molecule has 0 saturated carbocycles. The van der Waals surface area contributed by atoms with Crippen LogP contribution in [-0.4, -0.2) is 30.7 Å². The Morgan fingerprint density at radius 1 is 1.56 bits per heavy atom. The van der Waals surface area contributed by atoms with Gasteiger partial charge < -0.3 is 14.6 Å². The van der Waals surface area contributed by atoms with Crippen LogP contribution in [0.3, 0.4) is 0 Å². The van der Waals surface area contributed by atoms with Crippen molar-refractivity contribution in [3.63, 3.8) is 0 Å². The van der Waals surface area contributed by atoms with Crippen LogP contribution in [0.25, 0.3) is 0 Å². The minimum atomic E-state index is -0.258. The van der Waals surface area contributed by atoms with Gasteiger partial charge in [-0.05, 0) is 6.07 Å². The number of hydrogen-bond donors (Lipinski definition) is 1. The molecule has 1 heterocycles. The number of halogens is 1. The number of rotatable bonds is 5. The van der Waals surface area contributed by atoms with Gasteiger partial charge in [-0.15, -0.1) is 0 Å². The minimum Gasteiger partial charge on any atom is -0.383 e. The molecule has 5 nitrogen and oxygen atoms in total. The second-order valence-electron chi connectivity index (χ2n) is 3.16. The third-order valence-electron chi connectivity index (χ3n) is 1.89. The second-order valence-corrected chi connectivity index (χ2v) is 3.59. The molecule has 1 aromatic rings. The van der Waals surface area contributed by atoms with Crippen LogP contribution >= 0.6 is 11.6 Å². The zero-order chi connectivity index (χ0) is 12.0. The Labute approximate surface area is 98.0 Å². The van der Waals surface area contributed by atoms with Gasteiger partial charge in [-0.25, -0.2) is 0 Å². The number of methoxy groups -OCH3 is 1. The Bertz CT molecular complexity index is 417. The van der Waals surface area contributed by atoms with Gasteiger partial charge in [0.25, 0.3) is 5.56 Å². The van der Waals surface area contributed by atoms with E-state index in [1.165, 1.54) is 22.9 Å². The highest BCUT2D eigenvalue weighted by atomic mass is 35.5. The fourth-order valence-corrected chi connectivity index (χ4v) is 1.31. The molecule has 0 spiro atoms. The molecular weight excluding hydrogens is 232 g/mol. The summed E-state index contributed by atoms with van der Waals surface area (Å²) in [4.78, 5) is 22.7. The predicted octanol–water partition coefficient (Wildman–Crippen LogP) is 0.264. The number of pyridine rings is 1. The first kappa shape index (κ1) is 12.7. The predicted molar refractivity (Wildman–Crippen MR) is 60.6 cm³/mol. The van der Waals surface area contributed by atoms with Crippen LogP contribution < -0.4 is 10.9 Å². The van der Waals surface area contributed by atoms with E-state index >= 15 is 0 Å². The first-order valence-electron chi connectivity index (χ1n) is 4.75. The van der Waals surface area contributed by atoms with Crippen LogP contribution in [0.1, 0.15) is 0 Å². The number of nitrogens with one attached hydrogen (secondary N) is 1. The van der Waals surface area contributed by atoms with Gasteiger partial charge in [-0.2, -0.15) is 0 Å². The molecule has 0 aromatic carbocycles. The van der Waals surface area contributed by atoms with Crippen molar-refractivity contribution >= 4 is 17.5 Å². The van der Waals surface area contributed by atoms with Crippen LogP contribution in [0.2, 0.25) is 5.02 Å². The van der Waals surface area contributed by atoms with Crippen molar-refractivity contribution in [3.8, 4) is 0 Å². The third kappa shape index (κ3) is 4.04. The molecule has 6 heteroatoms. The quantitative estimate of drug-likeness (QED) is 0.756. The zero-order valence-electron chi connectivity index (χ0n) is 8.90. The topological polar surface area (TPSA) is 60.3 Å². The summed E-state index contributed by atoms with van der Waals surface area (Å²) in [5, 5.41) is 3.03. The molecule has 88 valence electrons. The maximum absolute atomic E-state index is 11.4. The molecule has 0 aliphatic rings. The normalized spacial score (nSPS) is 10.1. The Balaban J connectivity index is 2.56. The molecule has 1 aromatic heterocycles. The summed E-state index contributed by atoms with van der Waals surface area (Å²) in [7, 11) is 1.55. The van der Waals surface area contributed by atoms with Crippen LogP contribution in [0.4, 0.5) is 0 Å². The largest absolute Gasteiger partial charge is 0.383 e. The van der Waals surface area contributed by atoms with E-state index in [4.69, 9.17) is 16.3 Å². The molecule has 0 saturated heterocycles. The van der Waals surface area contributed by atoms with Gasteiger partial charge in [0.1, 0.15) is 6.54 Å². The van der Waals surface area contributed by atoms with Crippen molar-refractivity contribution in [2.45, 2.75) is 6.54 Å². The molecule has 0 bridgehead atoms. The summed E-state index contributed by atoms with van der Waals surface area (Å²) in [6.45, 7) is 0.823. The molecule has 1 amide bonds. The van der Waals surface area contributed by atoms with E-state index in [0.29, 0.717) is 18.2 Å². The minimum absolute atomic E-state index is 0.0386. The highest BCUT2D eigenvalue weighted by Gasteiger charge is 2.03. The number of ether oxygens (including phenoxy) is 1. The first-order valence-corrected chi connectivity index (χ1v) is 5.13. The van der Waals surface area contributed by atoms with Crippen LogP contribution in [0, 0.1) is 0 Å². The second kappa shape index (κ2) is 6.30. The molecule has 0 aliphatic heterocycles. The van der Waals surface area contributed by atoms with Crippen LogP contribution in [0.5, 0.6) is 0 Å². The van der Waals surface area contributed by atoms with E-state index < -0.39 is 0 Å². The number of hydrogen-bond acceptors (Lipinski definition) is 3. The van der Waals surface area contributed by atoms with Crippen LogP contribution in [0.15, 0.2) is 23.1 Å². The molecule has 16 heavy (non-hydrogen) atoms. The highest BCUT2D eigenvalue weighted by molar-refractivity contribution is 6.30. The molecule has 1 N–H and O–H groups in total. The van der Waals surface area contributed by atoms with Gasteiger partial charge in [0.05, 0.1) is 11.6 Å². The molecule has 1 rings (SSSR count). The van der Waals surface area contributed by atoms with Gasteiger partial charge in [0.15, 0.2) is 0 Å². The Morgan fingerprint density at radius 3 is 3.00 bits per heavy atom. The van der Waals surface area contributed by atoms with E-state index in [9.17, 15) is 9.59 Å². The van der Waals surface area contributed by atoms with E-state index in [0.717, 1.165) is 0 Å². The first-order chi connectivity index (χ1) is 7.63. The average Bonchev–Trinajstić information content (AvgIpc) is 2.24. The van der Waals surface area contributed by atoms with Crippen molar-refractivity contribution in [2.75, 3.05) is 20.3 Å². The Hall–Kier alpha value is -1.33. The summed E-state index contributed by atoms with van der Waals surface area (Å²) in [5.41, 5.74) is -0.258. The van der Waals surface area contributed by atoms with E-state index in [2.05, 4.69) is 5.32 Å². The number of carbonyl (C=O) groups excluding carboxylic acids is 1.